The largest absolute Gasteiger partial charge is 0.472 e. The molecule has 1 unspecified atom stereocenters. The lowest BCUT2D eigenvalue weighted by Gasteiger charge is -2.12. The molecule has 0 spiro atoms. The van der Waals surface area contributed by atoms with Gasteiger partial charge in [0.05, 0.1) is 12.5 Å². The SMILES string of the molecule is c1cc(CC2CCCCNC2)co1. The van der Waals surface area contributed by atoms with Crippen molar-refractivity contribution in [2.75, 3.05) is 13.1 Å². The van der Waals surface area contributed by atoms with Crippen molar-refractivity contribution in [1.29, 1.82) is 0 Å². The van der Waals surface area contributed by atoms with Crippen molar-refractivity contribution in [3.05, 3.63) is 24.2 Å². The first-order valence-electron chi connectivity index (χ1n) is 5.17. The zero-order chi connectivity index (χ0) is 8.93. The Labute approximate surface area is 79.3 Å². The van der Waals surface area contributed by atoms with E-state index in [0.717, 1.165) is 5.92 Å². The van der Waals surface area contributed by atoms with Gasteiger partial charge >= 0.3 is 0 Å². The molecule has 1 saturated heterocycles. The van der Waals surface area contributed by atoms with Gasteiger partial charge in [0.2, 0.25) is 0 Å². The summed E-state index contributed by atoms with van der Waals surface area (Å²) in [6.07, 6.45) is 8.86. The molecule has 0 aromatic carbocycles. The molecule has 2 nitrogen and oxygen atoms in total. The van der Waals surface area contributed by atoms with E-state index in [2.05, 4.69) is 11.4 Å². The van der Waals surface area contributed by atoms with Gasteiger partial charge in [-0.15, -0.1) is 0 Å². The molecule has 0 aliphatic carbocycles. The zero-order valence-electron chi connectivity index (χ0n) is 7.96. The molecular formula is C11H17NO. The van der Waals surface area contributed by atoms with Crippen LogP contribution >= 0.6 is 0 Å². The minimum Gasteiger partial charge on any atom is -0.472 e. The van der Waals surface area contributed by atoms with Gasteiger partial charge in [0.25, 0.3) is 0 Å². The first-order valence-corrected chi connectivity index (χ1v) is 5.17. The van der Waals surface area contributed by atoms with Crippen LogP contribution in [0.4, 0.5) is 0 Å². The summed E-state index contributed by atoms with van der Waals surface area (Å²) in [5.41, 5.74) is 1.34. The number of furan rings is 1. The van der Waals surface area contributed by atoms with E-state index in [1.807, 2.05) is 6.26 Å². The Hall–Kier alpha value is -0.760. The van der Waals surface area contributed by atoms with E-state index in [-0.39, 0.29) is 0 Å². The van der Waals surface area contributed by atoms with Crippen molar-refractivity contribution in [2.24, 2.45) is 5.92 Å². The third-order valence-corrected chi connectivity index (χ3v) is 2.75. The molecule has 1 aromatic heterocycles. The van der Waals surface area contributed by atoms with Gasteiger partial charge in [0.1, 0.15) is 0 Å². The second kappa shape index (κ2) is 4.47. The fourth-order valence-electron chi connectivity index (χ4n) is 2.01. The Bertz CT molecular complexity index is 222. The molecule has 2 heterocycles. The zero-order valence-corrected chi connectivity index (χ0v) is 7.96. The summed E-state index contributed by atoms with van der Waals surface area (Å²) in [6, 6.07) is 2.07. The highest BCUT2D eigenvalue weighted by molar-refractivity contribution is 5.06. The highest BCUT2D eigenvalue weighted by Gasteiger charge is 2.12. The summed E-state index contributed by atoms with van der Waals surface area (Å²) in [4.78, 5) is 0. The van der Waals surface area contributed by atoms with Gasteiger partial charge in [-0.1, -0.05) is 6.42 Å². The molecule has 1 fully saturated rings. The van der Waals surface area contributed by atoms with Crippen LogP contribution in [0.5, 0.6) is 0 Å². The Kier molecular flexibility index (Phi) is 3.03. The van der Waals surface area contributed by atoms with Crippen molar-refractivity contribution in [3.8, 4) is 0 Å². The second-order valence-corrected chi connectivity index (χ2v) is 3.90. The molecule has 0 bridgehead atoms. The van der Waals surface area contributed by atoms with Crippen LogP contribution < -0.4 is 5.32 Å². The van der Waals surface area contributed by atoms with Crippen LogP contribution in [0.2, 0.25) is 0 Å². The molecule has 1 aromatic rings. The van der Waals surface area contributed by atoms with Crippen LogP contribution in [0, 0.1) is 5.92 Å². The Morgan fingerprint density at radius 1 is 1.46 bits per heavy atom. The van der Waals surface area contributed by atoms with Crippen molar-refractivity contribution in [2.45, 2.75) is 25.7 Å². The predicted molar refractivity (Wildman–Crippen MR) is 52.6 cm³/mol. The van der Waals surface area contributed by atoms with E-state index in [1.165, 1.54) is 44.3 Å². The maximum absolute atomic E-state index is 5.07. The van der Waals surface area contributed by atoms with E-state index in [1.54, 1.807) is 6.26 Å². The molecule has 1 aliphatic rings. The third kappa shape index (κ3) is 2.59. The van der Waals surface area contributed by atoms with Gasteiger partial charge in [-0.05, 0) is 49.9 Å². The van der Waals surface area contributed by atoms with E-state index < -0.39 is 0 Å². The van der Waals surface area contributed by atoms with Crippen LogP contribution in [-0.4, -0.2) is 13.1 Å². The summed E-state index contributed by atoms with van der Waals surface area (Å²) >= 11 is 0. The number of nitrogens with one attached hydrogen (secondary N) is 1. The van der Waals surface area contributed by atoms with E-state index in [0.29, 0.717) is 0 Å². The summed E-state index contributed by atoms with van der Waals surface area (Å²) in [6.45, 7) is 2.37. The van der Waals surface area contributed by atoms with Gasteiger partial charge < -0.3 is 9.73 Å². The minimum atomic E-state index is 0.806. The van der Waals surface area contributed by atoms with E-state index >= 15 is 0 Å². The normalized spacial score (nSPS) is 24.2. The molecule has 1 atom stereocenters. The highest BCUT2D eigenvalue weighted by Crippen LogP contribution is 2.16. The lowest BCUT2D eigenvalue weighted by molar-refractivity contribution is 0.473. The molecular weight excluding hydrogens is 162 g/mol. The third-order valence-electron chi connectivity index (χ3n) is 2.75. The summed E-state index contributed by atoms with van der Waals surface area (Å²) in [5, 5.41) is 3.48. The maximum Gasteiger partial charge on any atom is 0.0934 e. The van der Waals surface area contributed by atoms with Crippen molar-refractivity contribution in [1.82, 2.24) is 5.32 Å². The van der Waals surface area contributed by atoms with Crippen LogP contribution in [0.3, 0.4) is 0 Å². The summed E-state index contributed by atoms with van der Waals surface area (Å²) in [7, 11) is 0. The Balaban J connectivity index is 1.86. The number of hydrogen-bond acceptors (Lipinski definition) is 2. The van der Waals surface area contributed by atoms with E-state index in [9.17, 15) is 0 Å². The fourth-order valence-corrected chi connectivity index (χ4v) is 2.01. The monoisotopic (exact) mass is 179 g/mol. The Morgan fingerprint density at radius 3 is 3.31 bits per heavy atom. The Morgan fingerprint density at radius 2 is 2.46 bits per heavy atom. The molecule has 13 heavy (non-hydrogen) atoms. The minimum absolute atomic E-state index is 0.806. The molecule has 72 valence electrons. The molecule has 1 aliphatic heterocycles. The number of hydrogen-bond donors (Lipinski definition) is 1. The topological polar surface area (TPSA) is 25.2 Å². The van der Waals surface area contributed by atoms with Gasteiger partial charge in [-0.2, -0.15) is 0 Å². The van der Waals surface area contributed by atoms with Gasteiger partial charge in [-0.3, -0.25) is 0 Å². The van der Waals surface area contributed by atoms with Crippen LogP contribution in [0.25, 0.3) is 0 Å². The van der Waals surface area contributed by atoms with Crippen molar-refractivity contribution < 1.29 is 4.42 Å². The first kappa shape index (κ1) is 8.82. The van der Waals surface area contributed by atoms with Gasteiger partial charge in [0, 0.05) is 0 Å². The summed E-state index contributed by atoms with van der Waals surface area (Å²) in [5.74, 6) is 0.806. The molecule has 2 rings (SSSR count). The molecule has 1 N–H and O–H groups in total. The average Bonchev–Trinajstić information content (AvgIpc) is 2.49. The van der Waals surface area contributed by atoms with Crippen LogP contribution in [0.15, 0.2) is 23.0 Å². The quantitative estimate of drug-likeness (QED) is 0.753. The smallest absolute Gasteiger partial charge is 0.0934 e. The lowest BCUT2D eigenvalue weighted by atomic mass is 9.97. The van der Waals surface area contributed by atoms with Gasteiger partial charge in [0.15, 0.2) is 0 Å². The molecule has 0 radical (unpaired) electrons. The highest BCUT2D eigenvalue weighted by atomic mass is 16.3. The standard InChI is InChI=1S/C11H17NO/c1-2-5-12-8-10(3-1)7-11-4-6-13-9-11/h4,6,9-10,12H,1-3,5,7-8H2. The van der Waals surface area contributed by atoms with Crippen LogP contribution in [-0.2, 0) is 6.42 Å². The van der Waals surface area contributed by atoms with Crippen molar-refractivity contribution in [3.63, 3.8) is 0 Å². The van der Waals surface area contributed by atoms with Crippen LogP contribution in [0.1, 0.15) is 24.8 Å². The molecule has 2 heteroatoms. The molecule has 0 amide bonds. The van der Waals surface area contributed by atoms with Crippen molar-refractivity contribution >= 4 is 0 Å². The maximum atomic E-state index is 5.07. The average molecular weight is 179 g/mol. The first-order chi connectivity index (χ1) is 6.45. The lowest BCUT2D eigenvalue weighted by Crippen LogP contribution is -2.21. The molecule has 0 saturated carbocycles. The summed E-state index contributed by atoms with van der Waals surface area (Å²) < 4.78 is 5.07. The fraction of sp³-hybridized carbons (Fsp3) is 0.636. The second-order valence-electron chi connectivity index (χ2n) is 3.90. The van der Waals surface area contributed by atoms with Gasteiger partial charge in [-0.25, -0.2) is 0 Å². The van der Waals surface area contributed by atoms with E-state index in [4.69, 9.17) is 4.42 Å². The number of rotatable bonds is 2. The predicted octanol–water partition coefficient (Wildman–Crippen LogP) is 2.21.